The summed E-state index contributed by atoms with van der Waals surface area (Å²) >= 11 is 0. The first-order chi connectivity index (χ1) is 13.4. The van der Waals surface area contributed by atoms with E-state index in [9.17, 15) is 10.1 Å². The van der Waals surface area contributed by atoms with Gasteiger partial charge in [-0.3, -0.25) is 10.1 Å². The van der Waals surface area contributed by atoms with Crippen molar-refractivity contribution in [1.82, 2.24) is 9.97 Å². The van der Waals surface area contributed by atoms with E-state index in [0.717, 1.165) is 22.0 Å². The van der Waals surface area contributed by atoms with Crippen molar-refractivity contribution in [2.24, 2.45) is 0 Å². The normalized spacial score (nSPS) is 10.1. The quantitative estimate of drug-likeness (QED) is 0.260. The summed E-state index contributed by atoms with van der Waals surface area (Å²) < 4.78 is 0. The highest BCUT2D eigenvalue weighted by atomic mass is 16.6. The molecule has 2 heterocycles. The third kappa shape index (κ3) is 3.00. The average molecular weight is 372 g/mol. The molecule has 0 amide bonds. The summed E-state index contributed by atoms with van der Waals surface area (Å²) in [6, 6.07) is 11.0. The summed E-state index contributed by atoms with van der Waals surface area (Å²) in [4.78, 5) is 16.0. The molecule has 4 N–H and O–H groups in total. The van der Waals surface area contributed by atoms with Gasteiger partial charge in [0.05, 0.1) is 27.3 Å². The predicted octanol–water partition coefficient (Wildman–Crippen LogP) is 4.19. The third-order valence-corrected chi connectivity index (χ3v) is 4.54. The van der Waals surface area contributed by atoms with Crippen LogP contribution in [0.25, 0.3) is 21.8 Å². The highest BCUT2D eigenvalue weighted by molar-refractivity contribution is 5.96. The fraction of sp³-hybridized carbons (Fsp3) is 0.100. The zero-order valence-electron chi connectivity index (χ0n) is 15.2. The Hall–Kier alpha value is -4.30. The summed E-state index contributed by atoms with van der Waals surface area (Å²) in [7, 11) is 0. The van der Waals surface area contributed by atoms with Crippen molar-refractivity contribution in [1.29, 1.82) is 10.5 Å². The van der Waals surface area contributed by atoms with Crippen LogP contribution in [0.15, 0.2) is 36.7 Å². The molecule has 8 heteroatoms. The van der Waals surface area contributed by atoms with Gasteiger partial charge < -0.3 is 15.7 Å². The molecule has 8 nitrogen and oxygen atoms in total. The summed E-state index contributed by atoms with van der Waals surface area (Å²) in [5, 5.41) is 30.0. The Morgan fingerprint density at radius 1 is 0.929 bits per heavy atom. The number of anilines is 1. The minimum Gasteiger partial charge on any atom is -0.397 e. The number of nitro groups is 1. The molecule has 0 unspecified atom stereocenters. The Morgan fingerprint density at radius 2 is 1.43 bits per heavy atom. The van der Waals surface area contributed by atoms with Gasteiger partial charge in [0.15, 0.2) is 0 Å². The number of nitrogens with two attached hydrogens (primary N) is 1. The molecular formula is C20H16N6O2. The summed E-state index contributed by atoms with van der Waals surface area (Å²) in [5.41, 5.74) is 10.7. The number of benzene rings is 2. The summed E-state index contributed by atoms with van der Waals surface area (Å²) in [5.74, 6) is 0. The first-order valence-corrected chi connectivity index (χ1v) is 8.30. The Kier molecular flexibility index (Phi) is 4.71. The number of fused-ring (bicyclic) bond motifs is 2. The fourth-order valence-corrected chi connectivity index (χ4v) is 3.18. The van der Waals surface area contributed by atoms with Gasteiger partial charge in [0.1, 0.15) is 17.7 Å². The largest absolute Gasteiger partial charge is 0.397 e. The Morgan fingerprint density at radius 3 is 1.96 bits per heavy atom. The number of nitriles is 2. The zero-order chi connectivity index (χ0) is 20.4. The summed E-state index contributed by atoms with van der Waals surface area (Å²) in [6.45, 7) is 3.79. The van der Waals surface area contributed by atoms with Crippen LogP contribution in [-0.2, 0) is 0 Å². The van der Waals surface area contributed by atoms with Gasteiger partial charge >= 0.3 is 0 Å². The smallest absolute Gasteiger partial charge is 0.293 e. The Balaban J connectivity index is 0.000000162. The molecule has 4 aromatic rings. The molecule has 0 saturated heterocycles. The summed E-state index contributed by atoms with van der Waals surface area (Å²) in [6.07, 6.45) is 3.18. The number of non-ortho nitro benzene ring substituents is 1. The molecule has 28 heavy (non-hydrogen) atoms. The van der Waals surface area contributed by atoms with Crippen LogP contribution in [0.4, 0.5) is 11.4 Å². The van der Waals surface area contributed by atoms with Crippen LogP contribution in [-0.4, -0.2) is 14.9 Å². The van der Waals surface area contributed by atoms with Crippen molar-refractivity contribution in [2.75, 3.05) is 5.73 Å². The molecule has 0 atom stereocenters. The Bertz CT molecular complexity index is 1300. The van der Waals surface area contributed by atoms with Gasteiger partial charge in [0.2, 0.25) is 0 Å². The van der Waals surface area contributed by atoms with E-state index in [-0.39, 0.29) is 5.69 Å². The number of hydrogen-bond donors (Lipinski definition) is 3. The van der Waals surface area contributed by atoms with Crippen molar-refractivity contribution in [3.63, 3.8) is 0 Å². The lowest BCUT2D eigenvalue weighted by Gasteiger charge is -1.99. The fourth-order valence-electron chi connectivity index (χ4n) is 3.18. The van der Waals surface area contributed by atoms with E-state index < -0.39 is 4.92 Å². The van der Waals surface area contributed by atoms with Crippen LogP contribution in [0.1, 0.15) is 22.3 Å². The van der Waals surface area contributed by atoms with Crippen LogP contribution in [0, 0.1) is 46.6 Å². The van der Waals surface area contributed by atoms with Crippen molar-refractivity contribution in [2.45, 2.75) is 13.8 Å². The lowest BCUT2D eigenvalue weighted by molar-refractivity contribution is -0.383. The maximum Gasteiger partial charge on any atom is 0.293 e. The number of aromatic nitrogens is 2. The first kappa shape index (κ1) is 18.5. The number of rotatable bonds is 1. The predicted molar refractivity (Wildman–Crippen MR) is 107 cm³/mol. The van der Waals surface area contributed by atoms with E-state index in [1.807, 2.05) is 32.0 Å². The molecule has 0 saturated carbocycles. The van der Waals surface area contributed by atoms with Crippen molar-refractivity contribution in [3.05, 3.63) is 69.0 Å². The molecular weight excluding hydrogens is 356 g/mol. The number of aromatic amines is 2. The standard InChI is InChI=1S/C10H7N3O2.C10H9N3/c1-6-2-3-8(13(14)15)10-9(6)7(4-11)5-12-10;1-6-2-3-8(12)10-9(6)7(4-11)5-13-10/h2-3,5,12H,1H3;2-3,5,13H,12H2,1H3. The van der Waals surface area contributed by atoms with Crippen molar-refractivity contribution >= 4 is 33.2 Å². The lowest BCUT2D eigenvalue weighted by atomic mass is 10.1. The van der Waals surface area contributed by atoms with Crippen LogP contribution >= 0.6 is 0 Å². The topological polar surface area (TPSA) is 148 Å². The maximum atomic E-state index is 10.7. The first-order valence-electron chi connectivity index (χ1n) is 8.30. The van der Waals surface area contributed by atoms with Gasteiger partial charge in [-0.2, -0.15) is 10.5 Å². The minimum atomic E-state index is -0.459. The van der Waals surface area contributed by atoms with E-state index in [0.29, 0.717) is 27.7 Å². The van der Waals surface area contributed by atoms with Gasteiger partial charge in [-0.25, -0.2) is 0 Å². The van der Waals surface area contributed by atoms with E-state index >= 15 is 0 Å². The second-order valence-electron chi connectivity index (χ2n) is 6.26. The van der Waals surface area contributed by atoms with Crippen molar-refractivity contribution in [3.8, 4) is 12.1 Å². The third-order valence-electron chi connectivity index (χ3n) is 4.54. The van der Waals surface area contributed by atoms with Crippen LogP contribution in [0.3, 0.4) is 0 Å². The molecule has 4 rings (SSSR count). The number of nitrogen functional groups attached to an aromatic ring is 1. The van der Waals surface area contributed by atoms with Gasteiger partial charge in [0, 0.05) is 29.2 Å². The molecule has 0 aliphatic carbocycles. The van der Waals surface area contributed by atoms with Gasteiger partial charge in [-0.1, -0.05) is 12.1 Å². The number of nitro benzene ring substituents is 1. The zero-order valence-corrected chi connectivity index (χ0v) is 15.2. The monoisotopic (exact) mass is 372 g/mol. The van der Waals surface area contributed by atoms with Gasteiger partial charge in [-0.05, 0) is 31.0 Å². The van der Waals surface area contributed by atoms with E-state index in [1.54, 1.807) is 12.3 Å². The molecule has 138 valence electrons. The molecule has 2 aromatic carbocycles. The van der Waals surface area contributed by atoms with Gasteiger partial charge in [-0.15, -0.1) is 0 Å². The molecule has 0 bridgehead atoms. The highest BCUT2D eigenvalue weighted by Gasteiger charge is 2.16. The second kappa shape index (κ2) is 7.14. The van der Waals surface area contributed by atoms with Crippen LogP contribution < -0.4 is 5.73 Å². The number of H-pyrrole nitrogens is 2. The number of nitrogens with one attached hydrogen (secondary N) is 2. The number of nitrogens with zero attached hydrogens (tertiary/aromatic N) is 3. The highest BCUT2D eigenvalue weighted by Crippen LogP contribution is 2.29. The SMILES string of the molecule is Cc1ccc(N)c2[nH]cc(C#N)c12.Cc1ccc([N+](=O)[O-])c2[nH]cc(C#N)c12. The van der Waals surface area contributed by atoms with Crippen molar-refractivity contribution < 1.29 is 4.92 Å². The maximum absolute atomic E-state index is 10.7. The van der Waals surface area contributed by atoms with Gasteiger partial charge in [0.25, 0.3) is 5.69 Å². The van der Waals surface area contributed by atoms with E-state index in [1.165, 1.54) is 12.3 Å². The van der Waals surface area contributed by atoms with Crippen LogP contribution in [0.5, 0.6) is 0 Å². The lowest BCUT2D eigenvalue weighted by Crippen LogP contribution is -1.90. The molecule has 0 aliphatic heterocycles. The second-order valence-corrected chi connectivity index (χ2v) is 6.26. The van der Waals surface area contributed by atoms with Crippen LogP contribution in [0.2, 0.25) is 0 Å². The molecule has 0 fully saturated rings. The average Bonchev–Trinajstić information content (AvgIpc) is 3.30. The number of aryl methyl sites for hydroxylation is 2. The number of hydrogen-bond acceptors (Lipinski definition) is 5. The van der Waals surface area contributed by atoms with E-state index in [2.05, 4.69) is 16.0 Å². The molecule has 0 spiro atoms. The minimum absolute atomic E-state index is 0.00269. The Labute approximate surface area is 160 Å². The molecule has 0 aliphatic rings. The molecule has 2 aromatic heterocycles. The molecule has 0 radical (unpaired) electrons. The van der Waals surface area contributed by atoms with E-state index in [4.69, 9.17) is 16.3 Å².